The number of nitrogens with zero attached hydrogens (tertiary/aromatic N) is 6. The number of aromatic nitrogens is 4. The number of alkyl halides is 2. The number of nitrogens with one attached hydrogen (secondary N) is 1. The zero-order valence-electron chi connectivity index (χ0n) is 19.1. The Morgan fingerprint density at radius 2 is 2.09 bits per heavy atom. The van der Waals surface area contributed by atoms with Crippen molar-refractivity contribution in [2.45, 2.75) is 30.9 Å². The molecule has 2 fully saturated rings. The molecule has 12 heteroatoms. The average Bonchev–Trinajstić information content (AvgIpc) is 3.48. The highest BCUT2D eigenvalue weighted by Crippen LogP contribution is 2.33. The Kier molecular flexibility index (Phi) is 6.56. The van der Waals surface area contributed by atoms with Crippen LogP contribution in [0.5, 0.6) is 0 Å². The van der Waals surface area contributed by atoms with Crippen LogP contribution >= 0.6 is 11.3 Å². The Morgan fingerprint density at radius 3 is 2.83 bits per heavy atom. The van der Waals surface area contributed by atoms with Gasteiger partial charge in [0.1, 0.15) is 11.1 Å². The molecule has 184 valence electrons. The summed E-state index contributed by atoms with van der Waals surface area (Å²) < 4.78 is 32.0. The summed E-state index contributed by atoms with van der Waals surface area (Å²) in [5.41, 5.74) is 1.28. The maximum Gasteiger partial charge on any atom is 0.282 e. The van der Waals surface area contributed by atoms with Gasteiger partial charge in [0.15, 0.2) is 11.6 Å². The second-order valence-corrected chi connectivity index (χ2v) is 9.79. The molecule has 0 bridgehead atoms. The van der Waals surface area contributed by atoms with Crippen LogP contribution in [-0.2, 0) is 16.0 Å². The van der Waals surface area contributed by atoms with Crippen molar-refractivity contribution in [2.24, 2.45) is 0 Å². The predicted molar refractivity (Wildman–Crippen MR) is 128 cm³/mol. The molecule has 0 aliphatic carbocycles. The number of hydrogen-bond donors (Lipinski definition) is 1. The van der Waals surface area contributed by atoms with Gasteiger partial charge in [-0.25, -0.2) is 8.78 Å². The number of anilines is 3. The van der Waals surface area contributed by atoms with Crippen LogP contribution in [0.1, 0.15) is 23.1 Å². The summed E-state index contributed by atoms with van der Waals surface area (Å²) in [7, 11) is 1.46. The third-order valence-electron chi connectivity index (χ3n) is 6.10. The van der Waals surface area contributed by atoms with Gasteiger partial charge in [0, 0.05) is 38.1 Å². The normalized spacial score (nSPS) is 19.9. The van der Waals surface area contributed by atoms with Crippen LogP contribution in [0.4, 0.5) is 25.4 Å². The Morgan fingerprint density at radius 1 is 1.23 bits per heavy atom. The largest absolute Gasteiger partial charge is 0.369 e. The topological polar surface area (TPSA) is 96.4 Å². The molecule has 5 rings (SSSR count). The first-order valence-electron chi connectivity index (χ1n) is 11.3. The van der Waals surface area contributed by atoms with Gasteiger partial charge in [-0.3, -0.25) is 4.79 Å². The zero-order chi connectivity index (χ0) is 24.4. The van der Waals surface area contributed by atoms with Crippen molar-refractivity contribution in [2.75, 3.05) is 48.4 Å². The molecule has 0 saturated carbocycles. The molecule has 1 N–H and O–H groups in total. The number of hydrogen-bond acceptors (Lipinski definition) is 10. The molecule has 0 unspecified atom stereocenters. The lowest BCUT2D eigenvalue weighted by Gasteiger charge is -2.40. The summed E-state index contributed by atoms with van der Waals surface area (Å²) in [5.74, 6) is -1.99. The standard InChI is InChI=1S/C23H25F2N7O2S/c1-34-21(15-4-2-5-17(10-15)32-13-23(24,25)14-32)18(33)11-20-29-30-22(35-20)27-16-7-9-31(12-16)19-6-3-8-26-28-19/h2-6,8,10,16,21H,7,9,11-14H2,1H3,(H,27,30)/t16-,21+/m1/s1. The molecule has 2 atom stereocenters. The van der Waals surface area contributed by atoms with Crippen molar-refractivity contribution in [3.8, 4) is 0 Å². The fraction of sp³-hybridized carbons (Fsp3) is 0.435. The van der Waals surface area contributed by atoms with E-state index in [0.29, 0.717) is 21.4 Å². The molecule has 2 aromatic heterocycles. The number of ether oxygens (including phenoxy) is 1. The van der Waals surface area contributed by atoms with E-state index in [2.05, 4.69) is 30.6 Å². The second-order valence-electron chi connectivity index (χ2n) is 8.72. The van der Waals surface area contributed by atoms with Crippen molar-refractivity contribution in [1.82, 2.24) is 20.4 Å². The first-order valence-corrected chi connectivity index (χ1v) is 12.1. The van der Waals surface area contributed by atoms with Gasteiger partial charge >= 0.3 is 0 Å². The van der Waals surface area contributed by atoms with Gasteiger partial charge in [0.25, 0.3) is 5.92 Å². The SMILES string of the molecule is CO[C@H](C(=O)Cc1nnc(N[C@@H]2CCN(c3cccnn3)C2)s1)c1cccc(N2CC(F)(F)C2)c1. The van der Waals surface area contributed by atoms with E-state index in [1.165, 1.54) is 18.4 Å². The molecule has 4 heterocycles. The van der Waals surface area contributed by atoms with E-state index in [9.17, 15) is 13.6 Å². The van der Waals surface area contributed by atoms with Crippen molar-refractivity contribution >= 4 is 33.8 Å². The van der Waals surface area contributed by atoms with Crippen LogP contribution in [0.25, 0.3) is 0 Å². The van der Waals surface area contributed by atoms with Crippen LogP contribution < -0.4 is 15.1 Å². The van der Waals surface area contributed by atoms with Crippen LogP contribution in [0.3, 0.4) is 0 Å². The first kappa shape index (κ1) is 23.5. The third-order valence-corrected chi connectivity index (χ3v) is 6.96. The quantitative estimate of drug-likeness (QED) is 0.475. The van der Waals surface area contributed by atoms with Crippen LogP contribution in [0, 0.1) is 0 Å². The van der Waals surface area contributed by atoms with Crippen LogP contribution in [0.2, 0.25) is 0 Å². The fourth-order valence-corrected chi connectivity index (χ4v) is 5.21. The fourth-order valence-electron chi connectivity index (χ4n) is 4.38. The summed E-state index contributed by atoms with van der Waals surface area (Å²) in [6.45, 7) is 1.00. The number of methoxy groups -OCH3 is 1. The molecule has 0 spiro atoms. The number of benzene rings is 1. The van der Waals surface area contributed by atoms with Gasteiger partial charge in [0.05, 0.1) is 19.5 Å². The predicted octanol–water partition coefficient (Wildman–Crippen LogP) is 2.97. The third kappa shape index (κ3) is 5.38. The maximum atomic E-state index is 13.3. The van der Waals surface area contributed by atoms with Gasteiger partial charge in [-0.2, -0.15) is 5.10 Å². The Hall–Kier alpha value is -3.25. The second kappa shape index (κ2) is 9.78. The molecule has 9 nitrogen and oxygen atoms in total. The number of ketones is 1. The summed E-state index contributed by atoms with van der Waals surface area (Å²) in [6, 6.07) is 11.0. The van der Waals surface area contributed by atoms with E-state index in [1.54, 1.807) is 35.4 Å². The van der Waals surface area contributed by atoms with E-state index in [0.717, 1.165) is 25.3 Å². The Bertz CT molecular complexity index is 1170. The van der Waals surface area contributed by atoms with Gasteiger partial charge in [0.2, 0.25) is 5.13 Å². The molecule has 3 aromatic rings. The van der Waals surface area contributed by atoms with Crippen molar-refractivity contribution in [3.05, 3.63) is 53.2 Å². The van der Waals surface area contributed by atoms with E-state index >= 15 is 0 Å². The summed E-state index contributed by atoms with van der Waals surface area (Å²) in [5, 5.41) is 21.1. The summed E-state index contributed by atoms with van der Waals surface area (Å²) in [6.07, 6.45) is 1.83. The van der Waals surface area contributed by atoms with Crippen LogP contribution in [0.15, 0.2) is 42.6 Å². The monoisotopic (exact) mass is 501 g/mol. The van der Waals surface area contributed by atoms with E-state index < -0.39 is 12.0 Å². The van der Waals surface area contributed by atoms with Gasteiger partial charge in [-0.05, 0) is 36.2 Å². The minimum absolute atomic E-state index is 0.0697. The van der Waals surface area contributed by atoms with Gasteiger partial charge in [-0.15, -0.1) is 15.3 Å². The Labute approximate surface area is 205 Å². The van der Waals surface area contributed by atoms with Crippen molar-refractivity contribution in [3.63, 3.8) is 0 Å². The minimum Gasteiger partial charge on any atom is -0.369 e. The van der Waals surface area contributed by atoms with Gasteiger partial charge < -0.3 is 19.9 Å². The van der Waals surface area contributed by atoms with E-state index in [-0.39, 0.29) is 31.3 Å². The molecule has 2 aliphatic heterocycles. The average molecular weight is 502 g/mol. The van der Waals surface area contributed by atoms with Crippen LogP contribution in [-0.4, -0.2) is 71.4 Å². The molecule has 35 heavy (non-hydrogen) atoms. The molecular formula is C23H25F2N7O2S. The lowest BCUT2D eigenvalue weighted by atomic mass is 10.0. The first-order chi connectivity index (χ1) is 16.9. The molecule has 1 aromatic carbocycles. The minimum atomic E-state index is -2.66. The molecule has 0 amide bonds. The molecule has 2 saturated heterocycles. The highest BCUT2D eigenvalue weighted by molar-refractivity contribution is 7.15. The van der Waals surface area contributed by atoms with Crippen molar-refractivity contribution < 1.29 is 18.3 Å². The lowest BCUT2D eigenvalue weighted by Crippen LogP contribution is -2.56. The molecular weight excluding hydrogens is 476 g/mol. The number of Topliss-reactive ketones (excluding diaryl/α,β-unsaturated/α-hetero) is 1. The number of carbonyl (C=O) groups is 1. The lowest BCUT2D eigenvalue weighted by molar-refractivity contribution is -0.128. The highest BCUT2D eigenvalue weighted by Gasteiger charge is 2.44. The highest BCUT2D eigenvalue weighted by atomic mass is 32.1. The zero-order valence-corrected chi connectivity index (χ0v) is 19.9. The summed E-state index contributed by atoms with van der Waals surface area (Å²) in [4.78, 5) is 16.7. The van der Waals surface area contributed by atoms with Gasteiger partial charge in [-0.1, -0.05) is 23.5 Å². The number of rotatable bonds is 9. The Balaban J connectivity index is 1.18. The maximum absolute atomic E-state index is 13.3. The smallest absolute Gasteiger partial charge is 0.282 e. The number of halogens is 2. The van der Waals surface area contributed by atoms with Crippen molar-refractivity contribution in [1.29, 1.82) is 0 Å². The molecule has 2 aliphatic rings. The molecule has 0 radical (unpaired) electrons. The van der Waals surface area contributed by atoms with E-state index in [4.69, 9.17) is 4.74 Å². The summed E-state index contributed by atoms with van der Waals surface area (Å²) >= 11 is 1.34. The van der Waals surface area contributed by atoms with E-state index in [1.807, 2.05) is 12.1 Å². The number of carbonyl (C=O) groups excluding carboxylic acids is 1.